The minimum absolute atomic E-state index is 0.0530. The molecule has 0 bridgehead atoms. The Labute approximate surface area is 95.6 Å². The van der Waals surface area contributed by atoms with Gasteiger partial charge in [-0.25, -0.2) is 4.79 Å². The topological polar surface area (TPSA) is 52.3 Å². The number of carbonyl (C=O) groups excluding carboxylic acids is 1. The third kappa shape index (κ3) is 2.42. The molecule has 0 aromatic heterocycles. The lowest BCUT2D eigenvalue weighted by atomic mass is 9.97. The van der Waals surface area contributed by atoms with Crippen LogP contribution < -0.4 is 5.73 Å². The summed E-state index contributed by atoms with van der Waals surface area (Å²) in [4.78, 5) is 11.6. The van der Waals surface area contributed by atoms with E-state index in [1.54, 1.807) is 6.07 Å². The summed E-state index contributed by atoms with van der Waals surface area (Å²) >= 11 is 0. The molecule has 1 atom stereocenters. The molecule has 2 N–H and O–H groups in total. The molecule has 1 aliphatic rings. The van der Waals surface area contributed by atoms with Gasteiger partial charge in [-0.1, -0.05) is 31.0 Å². The fraction of sp³-hybridized carbons (Fsp3) is 0.462. The Balaban J connectivity index is 2.20. The van der Waals surface area contributed by atoms with Gasteiger partial charge in [0.15, 0.2) is 0 Å². The first-order valence-electron chi connectivity index (χ1n) is 5.65. The Hall–Kier alpha value is -1.35. The number of hydrogen-bond acceptors (Lipinski definition) is 3. The second-order valence-corrected chi connectivity index (χ2v) is 4.36. The first kappa shape index (κ1) is 11.1. The zero-order chi connectivity index (χ0) is 11.5. The molecule has 0 unspecified atom stereocenters. The first-order valence-corrected chi connectivity index (χ1v) is 5.65. The van der Waals surface area contributed by atoms with Crippen LogP contribution in [0.1, 0.15) is 41.2 Å². The molecule has 86 valence electrons. The minimum atomic E-state index is -0.304. The van der Waals surface area contributed by atoms with Gasteiger partial charge in [0.1, 0.15) is 0 Å². The summed E-state index contributed by atoms with van der Waals surface area (Å²) in [6, 6.07) is 7.38. The Morgan fingerprint density at radius 2 is 2.19 bits per heavy atom. The zero-order valence-corrected chi connectivity index (χ0v) is 9.48. The van der Waals surface area contributed by atoms with E-state index in [0.717, 1.165) is 17.9 Å². The van der Waals surface area contributed by atoms with Crippen LogP contribution in [0.4, 0.5) is 0 Å². The number of esters is 1. The van der Waals surface area contributed by atoms with Crippen LogP contribution in [0.15, 0.2) is 24.3 Å². The van der Waals surface area contributed by atoms with E-state index in [0.29, 0.717) is 5.56 Å². The summed E-state index contributed by atoms with van der Waals surface area (Å²) in [5.41, 5.74) is 7.62. The standard InChI is InChI=1S/C13H17NO2/c1-16-13(15)11-5-3-2-4-10(11)12(14)8-9-6-7-9/h2-5,9,12H,6-8,14H2,1H3/t12-/m0/s1. The van der Waals surface area contributed by atoms with E-state index in [1.807, 2.05) is 18.2 Å². The highest BCUT2D eigenvalue weighted by molar-refractivity contribution is 5.91. The first-order chi connectivity index (χ1) is 7.72. The van der Waals surface area contributed by atoms with Crippen molar-refractivity contribution < 1.29 is 9.53 Å². The van der Waals surface area contributed by atoms with E-state index in [2.05, 4.69) is 0 Å². The maximum absolute atomic E-state index is 11.6. The van der Waals surface area contributed by atoms with Crippen molar-refractivity contribution in [2.24, 2.45) is 11.7 Å². The van der Waals surface area contributed by atoms with E-state index < -0.39 is 0 Å². The fourth-order valence-electron chi connectivity index (χ4n) is 1.96. The third-order valence-corrected chi connectivity index (χ3v) is 3.05. The van der Waals surface area contributed by atoms with E-state index >= 15 is 0 Å². The van der Waals surface area contributed by atoms with Gasteiger partial charge in [0.25, 0.3) is 0 Å². The van der Waals surface area contributed by atoms with Crippen LogP contribution in [-0.2, 0) is 4.74 Å². The Morgan fingerprint density at radius 1 is 1.50 bits per heavy atom. The molecule has 2 rings (SSSR count). The molecular weight excluding hydrogens is 202 g/mol. The number of benzene rings is 1. The van der Waals surface area contributed by atoms with Gasteiger partial charge in [-0.05, 0) is 24.0 Å². The maximum Gasteiger partial charge on any atom is 0.338 e. The molecule has 3 heteroatoms. The number of ether oxygens (including phenoxy) is 1. The van der Waals surface area contributed by atoms with Crippen molar-refractivity contribution in [3.63, 3.8) is 0 Å². The summed E-state index contributed by atoms with van der Waals surface area (Å²) in [6.45, 7) is 0. The average Bonchev–Trinajstić information content (AvgIpc) is 3.12. The lowest BCUT2D eigenvalue weighted by Gasteiger charge is -2.14. The highest BCUT2D eigenvalue weighted by Crippen LogP contribution is 2.37. The van der Waals surface area contributed by atoms with Crippen LogP contribution in [0.25, 0.3) is 0 Å². The number of hydrogen-bond donors (Lipinski definition) is 1. The predicted octanol–water partition coefficient (Wildman–Crippen LogP) is 2.27. The Bertz CT molecular complexity index is 385. The third-order valence-electron chi connectivity index (χ3n) is 3.05. The van der Waals surface area contributed by atoms with Gasteiger partial charge in [0.05, 0.1) is 12.7 Å². The van der Waals surface area contributed by atoms with E-state index in [-0.39, 0.29) is 12.0 Å². The van der Waals surface area contributed by atoms with Crippen molar-refractivity contribution in [2.75, 3.05) is 7.11 Å². The predicted molar refractivity (Wildman–Crippen MR) is 62.1 cm³/mol. The van der Waals surface area contributed by atoms with Gasteiger partial charge in [0.2, 0.25) is 0 Å². The molecular formula is C13H17NO2. The molecule has 0 heterocycles. The van der Waals surface area contributed by atoms with Crippen molar-refractivity contribution in [3.8, 4) is 0 Å². The summed E-state index contributed by atoms with van der Waals surface area (Å²) in [7, 11) is 1.39. The molecule has 1 aromatic rings. The van der Waals surface area contributed by atoms with Crippen LogP contribution in [0.2, 0.25) is 0 Å². The second-order valence-electron chi connectivity index (χ2n) is 4.36. The number of rotatable bonds is 4. The molecule has 1 saturated carbocycles. The van der Waals surface area contributed by atoms with E-state index in [1.165, 1.54) is 20.0 Å². The highest BCUT2D eigenvalue weighted by Gasteiger charge is 2.26. The van der Waals surface area contributed by atoms with Crippen molar-refractivity contribution >= 4 is 5.97 Å². The van der Waals surface area contributed by atoms with Crippen LogP contribution in [0.5, 0.6) is 0 Å². The van der Waals surface area contributed by atoms with Gasteiger partial charge in [-0.2, -0.15) is 0 Å². The highest BCUT2D eigenvalue weighted by atomic mass is 16.5. The van der Waals surface area contributed by atoms with Crippen LogP contribution in [0, 0.1) is 5.92 Å². The summed E-state index contributed by atoms with van der Waals surface area (Å²) in [6.07, 6.45) is 3.51. The largest absolute Gasteiger partial charge is 0.465 e. The molecule has 0 amide bonds. The van der Waals surface area contributed by atoms with Crippen LogP contribution in [-0.4, -0.2) is 13.1 Å². The van der Waals surface area contributed by atoms with Crippen molar-refractivity contribution in [1.82, 2.24) is 0 Å². The van der Waals surface area contributed by atoms with E-state index in [4.69, 9.17) is 10.5 Å². The molecule has 0 spiro atoms. The smallest absolute Gasteiger partial charge is 0.338 e. The minimum Gasteiger partial charge on any atom is -0.465 e. The molecule has 0 aliphatic heterocycles. The lowest BCUT2D eigenvalue weighted by Crippen LogP contribution is -2.16. The molecule has 16 heavy (non-hydrogen) atoms. The van der Waals surface area contributed by atoms with Gasteiger partial charge in [0, 0.05) is 6.04 Å². The van der Waals surface area contributed by atoms with Gasteiger partial charge < -0.3 is 10.5 Å². The molecule has 3 nitrogen and oxygen atoms in total. The number of carbonyl (C=O) groups is 1. The van der Waals surface area contributed by atoms with Gasteiger partial charge >= 0.3 is 5.97 Å². The lowest BCUT2D eigenvalue weighted by molar-refractivity contribution is 0.0598. The van der Waals surface area contributed by atoms with Crippen molar-refractivity contribution in [2.45, 2.75) is 25.3 Å². The summed E-state index contributed by atoms with van der Waals surface area (Å²) in [5, 5.41) is 0. The average molecular weight is 219 g/mol. The molecule has 1 aliphatic carbocycles. The van der Waals surface area contributed by atoms with Crippen LogP contribution in [0.3, 0.4) is 0 Å². The van der Waals surface area contributed by atoms with E-state index in [9.17, 15) is 4.79 Å². The zero-order valence-electron chi connectivity index (χ0n) is 9.48. The molecule has 0 radical (unpaired) electrons. The van der Waals surface area contributed by atoms with Crippen LogP contribution >= 0.6 is 0 Å². The molecule has 1 aromatic carbocycles. The normalized spacial score (nSPS) is 16.9. The summed E-state index contributed by atoms with van der Waals surface area (Å²) in [5.74, 6) is 0.447. The van der Waals surface area contributed by atoms with Gasteiger partial charge in [-0.15, -0.1) is 0 Å². The monoisotopic (exact) mass is 219 g/mol. The van der Waals surface area contributed by atoms with Crippen molar-refractivity contribution in [3.05, 3.63) is 35.4 Å². The molecule has 0 saturated heterocycles. The molecule has 1 fully saturated rings. The quantitative estimate of drug-likeness (QED) is 0.790. The second kappa shape index (κ2) is 4.66. The SMILES string of the molecule is COC(=O)c1ccccc1[C@@H](N)CC1CC1. The maximum atomic E-state index is 11.6. The van der Waals surface area contributed by atoms with Gasteiger partial charge in [-0.3, -0.25) is 0 Å². The number of nitrogens with two attached hydrogens (primary N) is 1. The summed E-state index contributed by atoms with van der Waals surface area (Å²) < 4.78 is 4.75. The fourth-order valence-corrected chi connectivity index (χ4v) is 1.96. The van der Waals surface area contributed by atoms with Crippen molar-refractivity contribution in [1.29, 1.82) is 0 Å². The number of methoxy groups -OCH3 is 1. The Kier molecular flexibility index (Phi) is 3.25. The Morgan fingerprint density at radius 3 is 2.81 bits per heavy atom.